The van der Waals surface area contributed by atoms with E-state index in [1.165, 1.54) is 52.3 Å². The molecule has 0 radical (unpaired) electrons. The molecule has 0 bridgehead atoms. The fraction of sp³-hybridized carbons (Fsp3) is 0.207. The van der Waals surface area contributed by atoms with Gasteiger partial charge >= 0.3 is 0 Å². The van der Waals surface area contributed by atoms with Gasteiger partial charge in [0.25, 0.3) is 0 Å². The smallest absolute Gasteiger partial charge is 0.138 e. The Morgan fingerprint density at radius 1 is 0.806 bits per heavy atom. The minimum atomic E-state index is 0.327. The van der Waals surface area contributed by atoms with Crippen molar-refractivity contribution >= 4 is 21.9 Å². The van der Waals surface area contributed by atoms with Gasteiger partial charge in [-0.05, 0) is 78.3 Å². The van der Waals surface area contributed by atoms with Crippen LogP contribution in [0.1, 0.15) is 47.9 Å². The van der Waals surface area contributed by atoms with Gasteiger partial charge in [-0.1, -0.05) is 49.4 Å². The van der Waals surface area contributed by atoms with Crippen molar-refractivity contribution < 1.29 is 4.42 Å². The highest BCUT2D eigenvalue weighted by atomic mass is 16.3. The molecule has 0 amide bonds. The van der Waals surface area contributed by atoms with Crippen molar-refractivity contribution in [2.45, 2.75) is 38.5 Å². The summed E-state index contributed by atoms with van der Waals surface area (Å²) in [5, 5.41) is 2.41. The summed E-state index contributed by atoms with van der Waals surface area (Å²) in [7, 11) is 0. The van der Waals surface area contributed by atoms with Crippen LogP contribution in [0.5, 0.6) is 0 Å². The molecule has 2 heterocycles. The summed E-state index contributed by atoms with van der Waals surface area (Å²) in [5.74, 6) is 0.327. The second kappa shape index (κ2) is 7.39. The van der Waals surface area contributed by atoms with Crippen LogP contribution in [0.4, 0.5) is 0 Å². The van der Waals surface area contributed by atoms with Gasteiger partial charge in [0.05, 0.1) is 5.69 Å². The lowest BCUT2D eigenvalue weighted by molar-refractivity contribution is 0.637. The average molecular weight is 404 g/mol. The monoisotopic (exact) mass is 403 g/mol. The van der Waals surface area contributed by atoms with E-state index in [9.17, 15) is 0 Å². The van der Waals surface area contributed by atoms with Gasteiger partial charge in [-0.15, -0.1) is 0 Å². The quantitative estimate of drug-likeness (QED) is 0.309. The first-order valence-electron chi connectivity index (χ1n) is 11.3. The van der Waals surface area contributed by atoms with Gasteiger partial charge in [0.2, 0.25) is 0 Å². The van der Waals surface area contributed by atoms with E-state index in [2.05, 4.69) is 79.7 Å². The number of nitrogens with zero attached hydrogens (tertiary/aromatic N) is 1. The molecule has 0 N–H and O–H groups in total. The largest absolute Gasteiger partial charge is 0.456 e. The highest BCUT2D eigenvalue weighted by Crippen LogP contribution is 2.37. The van der Waals surface area contributed by atoms with Gasteiger partial charge < -0.3 is 4.42 Å². The van der Waals surface area contributed by atoms with Crippen LogP contribution < -0.4 is 0 Å². The van der Waals surface area contributed by atoms with Crippen molar-refractivity contribution in [3.05, 3.63) is 101 Å². The Morgan fingerprint density at radius 3 is 2.58 bits per heavy atom. The van der Waals surface area contributed by atoms with Gasteiger partial charge in [-0.25, -0.2) is 0 Å². The first kappa shape index (κ1) is 18.4. The molecule has 2 nitrogen and oxygen atoms in total. The third-order valence-corrected chi connectivity index (χ3v) is 6.84. The van der Waals surface area contributed by atoms with E-state index in [1.54, 1.807) is 0 Å². The third kappa shape index (κ3) is 3.14. The average Bonchev–Trinajstić information content (AvgIpc) is 3.23. The number of hydrogen-bond acceptors (Lipinski definition) is 2. The number of aryl methyl sites for hydroxylation is 2. The van der Waals surface area contributed by atoms with Crippen LogP contribution >= 0.6 is 0 Å². The molecular formula is C29H25NO. The number of furan rings is 1. The summed E-state index contributed by atoms with van der Waals surface area (Å²) in [6.07, 6.45) is 6.76. The van der Waals surface area contributed by atoms with Gasteiger partial charge in [0.15, 0.2) is 0 Å². The van der Waals surface area contributed by atoms with Crippen LogP contribution in [0.3, 0.4) is 0 Å². The molecule has 152 valence electrons. The molecule has 5 aromatic rings. The molecule has 2 aromatic heterocycles. The van der Waals surface area contributed by atoms with Crippen LogP contribution in [0.15, 0.2) is 83.4 Å². The van der Waals surface area contributed by atoms with Crippen LogP contribution in [0.25, 0.3) is 33.2 Å². The van der Waals surface area contributed by atoms with Crippen LogP contribution in [-0.2, 0) is 12.8 Å². The highest BCUT2D eigenvalue weighted by molar-refractivity contribution is 6.07. The van der Waals surface area contributed by atoms with Crippen molar-refractivity contribution in [1.82, 2.24) is 4.98 Å². The van der Waals surface area contributed by atoms with Crippen LogP contribution in [-0.4, -0.2) is 4.98 Å². The number of benzene rings is 3. The molecule has 0 saturated heterocycles. The summed E-state index contributed by atoms with van der Waals surface area (Å²) in [5.41, 5.74) is 9.67. The van der Waals surface area contributed by atoms with Crippen molar-refractivity contribution in [2.75, 3.05) is 0 Å². The Balaban J connectivity index is 1.44. The minimum absolute atomic E-state index is 0.327. The second-order valence-electron chi connectivity index (χ2n) is 8.71. The molecule has 1 aliphatic carbocycles. The summed E-state index contributed by atoms with van der Waals surface area (Å²) in [6, 6.07) is 26.0. The Labute approximate surface area is 182 Å². The first-order valence-corrected chi connectivity index (χ1v) is 11.3. The van der Waals surface area contributed by atoms with E-state index >= 15 is 0 Å². The zero-order chi connectivity index (χ0) is 20.8. The molecule has 1 aliphatic rings. The molecule has 0 aliphatic heterocycles. The maximum absolute atomic E-state index is 6.34. The van der Waals surface area contributed by atoms with E-state index in [0.29, 0.717) is 5.92 Å². The lowest BCUT2D eigenvalue weighted by Gasteiger charge is -2.15. The zero-order valence-corrected chi connectivity index (χ0v) is 17.8. The van der Waals surface area contributed by atoms with Gasteiger partial charge in [-0.3, -0.25) is 4.98 Å². The Hall–Kier alpha value is -3.39. The van der Waals surface area contributed by atoms with Crippen LogP contribution in [0, 0.1) is 0 Å². The molecule has 31 heavy (non-hydrogen) atoms. The summed E-state index contributed by atoms with van der Waals surface area (Å²) >= 11 is 0. The highest BCUT2D eigenvalue weighted by Gasteiger charge is 2.18. The molecule has 1 atom stereocenters. The Morgan fingerprint density at radius 2 is 1.68 bits per heavy atom. The summed E-state index contributed by atoms with van der Waals surface area (Å²) < 4.78 is 6.34. The lowest BCUT2D eigenvalue weighted by Crippen LogP contribution is -2.02. The SMILES string of the molecule is CC(c1ccccc1)c1ccnc(-c2ccc3oc4c5c(ccc4c3c2)CCCC5)c1. The number of pyridine rings is 1. The maximum Gasteiger partial charge on any atom is 0.138 e. The predicted octanol–water partition coefficient (Wildman–Crippen LogP) is 7.68. The molecular weight excluding hydrogens is 378 g/mol. The fourth-order valence-corrected chi connectivity index (χ4v) is 5.03. The molecule has 0 fully saturated rings. The Bertz CT molecular complexity index is 1400. The van der Waals surface area contributed by atoms with Gasteiger partial charge in [-0.2, -0.15) is 0 Å². The number of hydrogen-bond donors (Lipinski definition) is 0. The van der Waals surface area contributed by atoms with E-state index < -0.39 is 0 Å². The fourth-order valence-electron chi connectivity index (χ4n) is 5.03. The standard InChI is InChI=1S/C29H25NO/c1-19(20-7-3-2-4-8-20)22-15-16-30-27(18-22)23-12-14-28-26(17-23)25-13-11-21-9-5-6-10-24(21)29(25)31-28/h2-4,7-8,11-19H,5-6,9-10H2,1H3. The maximum atomic E-state index is 6.34. The second-order valence-corrected chi connectivity index (χ2v) is 8.71. The topological polar surface area (TPSA) is 26.0 Å². The predicted molar refractivity (Wildman–Crippen MR) is 128 cm³/mol. The molecule has 0 spiro atoms. The molecule has 0 saturated carbocycles. The van der Waals surface area contributed by atoms with Crippen molar-refractivity contribution in [2.24, 2.45) is 0 Å². The van der Waals surface area contributed by atoms with Gasteiger partial charge in [0.1, 0.15) is 11.2 Å². The van der Waals surface area contributed by atoms with Crippen molar-refractivity contribution in [1.29, 1.82) is 0 Å². The number of fused-ring (bicyclic) bond motifs is 5. The Kier molecular flexibility index (Phi) is 4.38. The van der Waals surface area contributed by atoms with Crippen LogP contribution in [0.2, 0.25) is 0 Å². The van der Waals surface area contributed by atoms with Crippen molar-refractivity contribution in [3.63, 3.8) is 0 Å². The summed E-state index contributed by atoms with van der Waals surface area (Å²) in [6.45, 7) is 2.25. The minimum Gasteiger partial charge on any atom is -0.456 e. The molecule has 3 aromatic carbocycles. The molecule has 2 heteroatoms. The first-order chi connectivity index (χ1) is 15.3. The molecule has 1 unspecified atom stereocenters. The van der Waals surface area contributed by atoms with E-state index in [4.69, 9.17) is 9.40 Å². The van der Waals surface area contributed by atoms with E-state index in [1.807, 2.05) is 6.20 Å². The van der Waals surface area contributed by atoms with E-state index in [-0.39, 0.29) is 0 Å². The van der Waals surface area contributed by atoms with Gasteiger partial charge in [0, 0.05) is 28.5 Å². The lowest BCUT2D eigenvalue weighted by atomic mass is 9.90. The summed E-state index contributed by atoms with van der Waals surface area (Å²) in [4.78, 5) is 4.70. The number of rotatable bonds is 3. The molecule has 6 rings (SSSR count). The van der Waals surface area contributed by atoms with E-state index in [0.717, 1.165) is 28.8 Å². The normalized spacial score (nSPS) is 14.6. The number of aromatic nitrogens is 1. The van der Waals surface area contributed by atoms with Crippen molar-refractivity contribution in [3.8, 4) is 11.3 Å². The third-order valence-electron chi connectivity index (χ3n) is 6.84. The zero-order valence-electron chi connectivity index (χ0n) is 17.8.